The molecule has 3 N–H and O–H groups in total. The fourth-order valence-corrected chi connectivity index (χ4v) is 2.93. The van der Waals surface area contributed by atoms with Gasteiger partial charge >= 0.3 is 0 Å². The summed E-state index contributed by atoms with van der Waals surface area (Å²) in [6.07, 6.45) is 2.73. The molecule has 6 heteroatoms. The number of nitrogens with zero attached hydrogens (tertiary/aromatic N) is 1. The number of hydrogen-bond donors (Lipinski definition) is 3. The Labute approximate surface area is 152 Å². The summed E-state index contributed by atoms with van der Waals surface area (Å²) in [5.41, 5.74) is 3.03. The highest BCUT2D eigenvalue weighted by atomic mass is 19.1. The summed E-state index contributed by atoms with van der Waals surface area (Å²) in [6.45, 7) is 1.34. The number of hydrogen-bond acceptors (Lipinski definition) is 2. The lowest BCUT2D eigenvalue weighted by Gasteiger charge is -2.13. The minimum absolute atomic E-state index is 0.232. The molecule has 0 atom stereocenters. The van der Waals surface area contributed by atoms with Crippen molar-refractivity contribution >= 4 is 16.9 Å². The van der Waals surface area contributed by atoms with Crippen LogP contribution in [0.15, 0.2) is 53.7 Å². The van der Waals surface area contributed by atoms with E-state index in [0.29, 0.717) is 6.54 Å². The third kappa shape index (κ3) is 4.14. The summed E-state index contributed by atoms with van der Waals surface area (Å²) in [7, 11) is 3.41. The summed E-state index contributed by atoms with van der Waals surface area (Å²) in [6, 6.07) is 12.7. The average molecular weight is 354 g/mol. The van der Waals surface area contributed by atoms with Gasteiger partial charge in [0.05, 0.1) is 7.11 Å². The van der Waals surface area contributed by atoms with Crippen LogP contribution in [-0.4, -0.2) is 31.6 Å². The lowest BCUT2D eigenvalue weighted by Crippen LogP contribution is -2.37. The maximum Gasteiger partial charge on any atom is 0.191 e. The Morgan fingerprint density at radius 3 is 2.81 bits per heavy atom. The molecule has 1 aromatic heterocycles. The van der Waals surface area contributed by atoms with Crippen molar-refractivity contribution in [2.45, 2.75) is 13.0 Å². The molecule has 0 aliphatic rings. The number of benzene rings is 2. The van der Waals surface area contributed by atoms with E-state index in [-0.39, 0.29) is 5.82 Å². The van der Waals surface area contributed by atoms with Gasteiger partial charge in [0.15, 0.2) is 5.96 Å². The molecule has 0 bridgehead atoms. The number of aromatic amines is 1. The number of para-hydroxylation sites is 1. The zero-order valence-corrected chi connectivity index (χ0v) is 15.0. The van der Waals surface area contributed by atoms with Gasteiger partial charge in [0.1, 0.15) is 11.6 Å². The number of nitrogens with one attached hydrogen (secondary N) is 3. The Kier molecular flexibility index (Phi) is 5.73. The maximum atomic E-state index is 13.3. The van der Waals surface area contributed by atoms with Crippen molar-refractivity contribution in [3.8, 4) is 5.75 Å². The lowest BCUT2D eigenvalue weighted by molar-refractivity contribution is 0.409. The standard InChI is InChI=1S/C20H23FN4O/c1-22-20(25-13-15-5-3-4-6-19(15)26-2)23-10-9-14-12-24-18-11-16(21)7-8-17(14)18/h3-8,11-12,24H,9-10,13H2,1-2H3,(H2,22,23,25). The molecule has 2 aromatic carbocycles. The van der Waals surface area contributed by atoms with E-state index in [9.17, 15) is 4.39 Å². The van der Waals surface area contributed by atoms with Crippen LogP contribution >= 0.6 is 0 Å². The van der Waals surface area contributed by atoms with Crippen LogP contribution in [0.4, 0.5) is 4.39 Å². The van der Waals surface area contributed by atoms with E-state index >= 15 is 0 Å². The lowest BCUT2D eigenvalue weighted by atomic mass is 10.1. The first-order chi connectivity index (χ1) is 12.7. The molecule has 3 rings (SSSR count). The number of methoxy groups -OCH3 is 1. The molecule has 0 spiro atoms. The van der Waals surface area contributed by atoms with E-state index in [2.05, 4.69) is 20.6 Å². The predicted octanol–water partition coefficient (Wildman–Crippen LogP) is 3.22. The van der Waals surface area contributed by atoms with Gasteiger partial charge in [0, 0.05) is 42.8 Å². The number of ether oxygens (including phenoxy) is 1. The second-order valence-corrected chi connectivity index (χ2v) is 5.92. The smallest absolute Gasteiger partial charge is 0.191 e. The predicted molar refractivity (Wildman–Crippen MR) is 103 cm³/mol. The molecule has 0 amide bonds. The highest BCUT2D eigenvalue weighted by Gasteiger charge is 2.06. The third-order valence-corrected chi connectivity index (χ3v) is 4.28. The maximum absolute atomic E-state index is 13.3. The second kappa shape index (κ2) is 8.38. The number of guanidine groups is 1. The Bertz CT molecular complexity index is 904. The molecule has 1 heterocycles. The number of halogens is 1. The Morgan fingerprint density at radius 1 is 1.15 bits per heavy atom. The molecule has 0 unspecified atom stereocenters. The Hall–Kier alpha value is -3.02. The van der Waals surface area contributed by atoms with Crippen LogP contribution in [0.1, 0.15) is 11.1 Å². The van der Waals surface area contributed by atoms with E-state index in [0.717, 1.165) is 46.7 Å². The van der Waals surface area contributed by atoms with Crippen molar-refractivity contribution in [1.29, 1.82) is 0 Å². The van der Waals surface area contributed by atoms with Crippen molar-refractivity contribution in [2.75, 3.05) is 20.7 Å². The molecule has 0 radical (unpaired) electrons. The van der Waals surface area contributed by atoms with Crippen LogP contribution in [0, 0.1) is 5.82 Å². The number of aromatic nitrogens is 1. The van der Waals surface area contributed by atoms with Crippen LogP contribution in [0.25, 0.3) is 10.9 Å². The zero-order chi connectivity index (χ0) is 18.4. The summed E-state index contributed by atoms with van der Waals surface area (Å²) in [5, 5.41) is 7.63. The van der Waals surface area contributed by atoms with Gasteiger partial charge in [0.25, 0.3) is 0 Å². The summed E-state index contributed by atoms with van der Waals surface area (Å²) in [4.78, 5) is 7.36. The van der Waals surface area contributed by atoms with Crippen molar-refractivity contribution in [1.82, 2.24) is 15.6 Å². The van der Waals surface area contributed by atoms with Gasteiger partial charge in [0.2, 0.25) is 0 Å². The van der Waals surface area contributed by atoms with E-state index in [4.69, 9.17) is 4.74 Å². The fourth-order valence-electron chi connectivity index (χ4n) is 2.93. The molecule has 0 saturated heterocycles. The molecule has 136 valence electrons. The van der Waals surface area contributed by atoms with Gasteiger partial charge in [-0.15, -0.1) is 0 Å². The monoisotopic (exact) mass is 354 g/mol. The first-order valence-corrected chi connectivity index (χ1v) is 8.53. The summed E-state index contributed by atoms with van der Waals surface area (Å²) in [5.74, 6) is 1.34. The van der Waals surface area contributed by atoms with E-state index in [1.807, 2.05) is 36.5 Å². The van der Waals surface area contributed by atoms with Gasteiger partial charge in [-0.1, -0.05) is 18.2 Å². The number of fused-ring (bicyclic) bond motifs is 1. The van der Waals surface area contributed by atoms with Crippen molar-refractivity contribution < 1.29 is 9.13 Å². The molecule has 0 fully saturated rings. The molecule has 0 saturated carbocycles. The Morgan fingerprint density at radius 2 is 2.00 bits per heavy atom. The molecule has 26 heavy (non-hydrogen) atoms. The number of rotatable bonds is 6. The van der Waals surface area contributed by atoms with Crippen LogP contribution in [-0.2, 0) is 13.0 Å². The topological polar surface area (TPSA) is 61.4 Å². The van der Waals surface area contributed by atoms with Crippen molar-refractivity contribution in [3.05, 3.63) is 65.6 Å². The van der Waals surface area contributed by atoms with Crippen LogP contribution in [0.5, 0.6) is 5.75 Å². The normalized spacial score (nSPS) is 11.6. The van der Waals surface area contributed by atoms with Crippen LogP contribution in [0.2, 0.25) is 0 Å². The van der Waals surface area contributed by atoms with Crippen molar-refractivity contribution in [2.24, 2.45) is 4.99 Å². The molecule has 3 aromatic rings. The van der Waals surface area contributed by atoms with E-state index in [1.54, 1.807) is 14.2 Å². The quantitative estimate of drug-likeness (QED) is 0.470. The minimum Gasteiger partial charge on any atom is -0.496 e. The van der Waals surface area contributed by atoms with Crippen LogP contribution in [0.3, 0.4) is 0 Å². The third-order valence-electron chi connectivity index (χ3n) is 4.28. The average Bonchev–Trinajstić information content (AvgIpc) is 3.06. The number of H-pyrrole nitrogens is 1. The largest absolute Gasteiger partial charge is 0.496 e. The summed E-state index contributed by atoms with van der Waals surface area (Å²) < 4.78 is 18.6. The van der Waals surface area contributed by atoms with Gasteiger partial charge in [-0.05, 0) is 36.2 Å². The van der Waals surface area contributed by atoms with Crippen LogP contribution < -0.4 is 15.4 Å². The van der Waals surface area contributed by atoms with Gasteiger partial charge < -0.3 is 20.4 Å². The number of aliphatic imine (C=N–C) groups is 1. The highest BCUT2D eigenvalue weighted by Crippen LogP contribution is 2.19. The molecular weight excluding hydrogens is 331 g/mol. The first-order valence-electron chi connectivity index (χ1n) is 8.53. The van der Waals surface area contributed by atoms with Crippen molar-refractivity contribution in [3.63, 3.8) is 0 Å². The molecule has 0 aliphatic heterocycles. The molecule has 0 aliphatic carbocycles. The fraction of sp³-hybridized carbons (Fsp3) is 0.250. The first kappa shape index (κ1) is 17.8. The van der Waals surface area contributed by atoms with E-state index < -0.39 is 0 Å². The molecular formula is C20H23FN4O. The SMILES string of the molecule is CN=C(NCCc1c[nH]c2cc(F)ccc12)NCc1ccccc1OC. The van der Waals surface area contributed by atoms with E-state index in [1.165, 1.54) is 12.1 Å². The minimum atomic E-state index is -0.232. The van der Waals surface area contributed by atoms with Gasteiger partial charge in [-0.3, -0.25) is 4.99 Å². The Balaban J connectivity index is 1.54. The highest BCUT2D eigenvalue weighted by molar-refractivity contribution is 5.83. The van der Waals surface area contributed by atoms with Gasteiger partial charge in [-0.25, -0.2) is 4.39 Å². The molecule has 5 nitrogen and oxygen atoms in total. The summed E-state index contributed by atoms with van der Waals surface area (Å²) >= 11 is 0. The van der Waals surface area contributed by atoms with Gasteiger partial charge in [-0.2, -0.15) is 0 Å². The second-order valence-electron chi connectivity index (χ2n) is 5.92. The zero-order valence-electron chi connectivity index (χ0n) is 15.0.